The Bertz CT molecular complexity index is 554. The number of carbonyl (C=O) groups is 1. The van der Waals surface area contributed by atoms with Crippen molar-refractivity contribution < 1.29 is 9.53 Å². The topological polar surface area (TPSA) is 56.1 Å². The van der Waals surface area contributed by atoms with Crippen molar-refractivity contribution in [2.24, 2.45) is 5.41 Å². The third-order valence-electron chi connectivity index (χ3n) is 5.27. The van der Waals surface area contributed by atoms with Crippen LogP contribution in [-0.2, 0) is 10.3 Å². The minimum atomic E-state index is -0.107. The van der Waals surface area contributed by atoms with Crippen LogP contribution in [0.3, 0.4) is 0 Å². The summed E-state index contributed by atoms with van der Waals surface area (Å²) in [5, 5.41) is 7.51. The molecule has 0 bridgehead atoms. The van der Waals surface area contributed by atoms with Crippen LogP contribution in [0.25, 0.3) is 0 Å². The maximum Gasteiger partial charge on any atom is 0.254 e. The zero-order valence-corrected chi connectivity index (χ0v) is 14.1. The maximum atomic E-state index is 12.5. The van der Waals surface area contributed by atoms with E-state index in [9.17, 15) is 4.79 Å². The number of amides is 1. The first-order valence-corrected chi connectivity index (χ1v) is 8.34. The SMILES string of the molecule is CCO[C@H]1C[C@H](NC(=O)c2cnn(C(C)(C)C)c2)C12CCC2. The van der Waals surface area contributed by atoms with Crippen LogP contribution in [0, 0.1) is 5.41 Å². The number of nitrogens with one attached hydrogen (secondary N) is 1. The van der Waals surface area contributed by atoms with Crippen molar-refractivity contribution in [3.63, 3.8) is 0 Å². The molecule has 1 N–H and O–H groups in total. The van der Waals surface area contributed by atoms with Gasteiger partial charge in [-0.2, -0.15) is 5.10 Å². The maximum absolute atomic E-state index is 12.5. The van der Waals surface area contributed by atoms with Crippen LogP contribution in [0.15, 0.2) is 12.4 Å². The minimum absolute atomic E-state index is 0.0123. The summed E-state index contributed by atoms with van der Waals surface area (Å²) in [4.78, 5) is 12.5. The van der Waals surface area contributed by atoms with Gasteiger partial charge >= 0.3 is 0 Å². The van der Waals surface area contributed by atoms with Gasteiger partial charge in [0.1, 0.15) is 0 Å². The van der Waals surface area contributed by atoms with Gasteiger partial charge in [-0.15, -0.1) is 0 Å². The number of nitrogens with zero attached hydrogens (tertiary/aromatic N) is 2. The van der Waals surface area contributed by atoms with E-state index >= 15 is 0 Å². The molecule has 122 valence electrons. The monoisotopic (exact) mass is 305 g/mol. The van der Waals surface area contributed by atoms with Gasteiger partial charge in [0.25, 0.3) is 5.91 Å². The summed E-state index contributed by atoms with van der Waals surface area (Å²) in [7, 11) is 0. The second-order valence-electron chi connectivity index (χ2n) is 7.64. The highest BCUT2D eigenvalue weighted by atomic mass is 16.5. The molecule has 1 spiro atoms. The van der Waals surface area contributed by atoms with E-state index in [1.165, 1.54) is 19.3 Å². The molecule has 3 rings (SSSR count). The van der Waals surface area contributed by atoms with Crippen molar-refractivity contribution >= 4 is 5.91 Å². The lowest BCUT2D eigenvalue weighted by molar-refractivity contribution is -0.169. The molecule has 1 aromatic rings. The van der Waals surface area contributed by atoms with Gasteiger partial charge in [-0.25, -0.2) is 0 Å². The number of carbonyl (C=O) groups excluding carboxylic acids is 1. The van der Waals surface area contributed by atoms with Crippen molar-refractivity contribution in [3.8, 4) is 0 Å². The zero-order valence-electron chi connectivity index (χ0n) is 14.1. The smallest absolute Gasteiger partial charge is 0.254 e. The van der Waals surface area contributed by atoms with Crippen LogP contribution < -0.4 is 5.32 Å². The molecule has 2 atom stereocenters. The molecule has 0 unspecified atom stereocenters. The van der Waals surface area contributed by atoms with Crippen molar-refractivity contribution in [2.45, 2.75) is 71.1 Å². The third-order valence-corrected chi connectivity index (χ3v) is 5.27. The fourth-order valence-electron chi connectivity index (χ4n) is 3.69. The normalized spacial score (nSPS) is 26.4. The molecule has 2 saturated carbocycles. The lowest BCUT2D eigenvalue weighted by Crippen LogP contribution is -2.67. The van der Waals surface area contributed by atoms with Crippen molar-refractivity contribution in [2.75, 3.05) is 6.61 Å². The number of rotatable bonds is 4. The predicted molar refractivity (Wildman–Crippen MR) is 84.8 cm³/mol. The highest BCUT2D eigenvalue weighted by molar-refractivity contribution is 5.94. The molecule has 22 heavy (non-hydrogen) atoms. The molecule has 1 amide bonds. The fraction of sp³-hybridized carbons (Fsp3) is 0.765. The summed E-state index contributed by atoms with van der Waals surface area (Å²) in [6.07, 6.45) is 8.35. The van der Waals surface area contributed by atoms with E-state index in [1.807, 2.05) is 17.8 Å². The van der Waals surface area contributed by atoms with Gasteiger partial charge in [0.05, 0.1) is 23.4 Å². The van der Waals surface area contributed by atoms with Crippen LogP contribution >= 0.6 is 0 Å². The Hall–Kier alpha value is -1.36. The fourth-order valence-corrected chi connectivity index (χ4v) is 3.69. The van der Waals surface area contributed by atoms with Gasteiger partial charge in [0.15, 0.2) is 0 Å². The average Bonchev–Trinajstić information content (AvgIpc) is 2.84. The molecule has 2 aliphatic carbocycles. The third kappa shape index (κ3) is 2.45. The predicted octanol–water partition coefficient (Wildman–Crippen LogP) is 2.72. The molecule has 0 saturated heterocycles. The highest BCUT2D eigenvalue weighted by Crippen LogP contribution is 2.57. The van der Waals surface area contributed by atoms with Crippen LogP contribution in [0.5, 0.6) is 0 Å². The molecule has 0 radical (unpaired) electrons. The van der Waals surface area contributed by atoms with E-state index in [2.05, 4.69) is 31.2 Å². The first-order valence-electron chi connectivity index (χ1n) is 8.34. The quantitative estimate of drug-likeness (QED) is 0.930. The molecule has 2 aliphatic rings. The highest BCUT2D eigenvalue weighted by Gasteiger charge is 2.59. The molecule has 0 aromatic carbocycles. The number of hydrogen-bond acceptors (Lipinski definition) is 3. The summed E-state index contributed by atoms with van der Waals surface area (Å²) < 4.78 is 7.67. The summed E-state index contributed by atoms with van der Waals surface area (Å²) in [5.41, 5.74) is 0.736. The van der Waals surface area contributed by atoms with Gasteiger partial charge < -0.3 is 10.1 Å². The van der Waals surface area contributed by atoms with Crippen LogP contribution in [0.4, 0.5) is 0 Å². The minimum Gasteiger partial charge on any atom is -0.378 e. The molecular weight excluding hydrogens is 278 g/mol. The average molecular weight is 305 g/mol. The standard InChI is InChI=1S/C17H27N3O2/c1-5-22-14-9-13(17(14)7-6-8-17)19-15(21)12-10-18-20(11-12)16(2,3)4/h10-11,13-14H,5-9H2,1-4H3,(H,19,21)/t13-,14-/m0/s1. The van der Waals surface area contributed by atoms with Gasteiger partial charge in [0.2, 0.25) is 0 Å². The van der Waals surface area contributed by atoms with E-state index < -0.39 is 0 Å². The van der Waals surface area contributed by atoms with Crippen molar-refractivity contribution in [1.29, 1.82) is 0 Å². The molecule has 1 aromatic heterocycles. The van der Waals surface area contributed by atoms with Crippen molar-refractivity contribution in [1.82, 2.24) is 15.1 Å². The molecule has 2 fully saturated rings. The van der Waals surface area contributed by atoms with E-state index in [1.54, 1.807) is 6.20 Å². The Labute approximate surface area is 132 Å². The second kappa shape index (κ2) is 5.37. The van der Waals surface area contributed by atoms with E-state index in [4.69, 9.17) is 4.74 Å². The summed E-state index contributed by atoms with van der Waals surface area (Å²) >= 11 is 0. The Morgan fingerprint density at radius 1 is 1.50 bits per heavy atom. The zero-order chi connectivity index (χ0) is 16.0. The molecule has 1 heterocycles. The summed E-state index contributed by atoms with van der Waals surface area (Å²) in [5.74, 6) is -0.0123. The largest absolute Gasteiger partial charge is 0.378 e. The van der Waals surface area contributed by atoms with Gasteiger partial charge in [-0.1, -0.05) is 6.42 Å². The van der Waals surface area contributed by atoms with Crippen LogP contribution in [0.1, 0.15) is 63.7 Å². The Kier molecular flexibility index (Phi) is 3.79. The Morgan fingerprint density at radius 3 is 2.73 bits per heavy atom. The lowest BCUT2D eigenvalue weighted by Gasteiger charge is -2.60. The molecule has 5 nitrogen and oxygen atoms in total. The number of ether oxygens (including phenoxy) is 1. The summed E-state index contributed by atoms with van der Waals surface area (Å²) in [6, 6.07) is 0.253. The Morgan fingerprint density at radius 2 is 2.23 bits per heavy atom. The van der Waals surface area contributed by atoms with Crippen LogP contribution in [-0.4, -0.2) is 34.4 Å². The number of hydrogen-bond donors (Lipinski definition) is 1. The van der Waals surface area contributed by atoms with Gasteiger partial charge in [-0.05, 0) is 47.0 Å². The number of aromatic nitrogens is 2. The first kappa shape index (κ1) is 15.5. The van der Waals surface area contributed by atoms with Gasteiger partial charge in [0, 0.05) is 24.3 Å². The van der Waals surface area contributed by atoms with Crippen LogP contribution in [0.2, 0.25) is 0 Å². The van der Waals surface area contributed by atoms with E-state index in [0.717, 1.165) is 13.0 Å². The van der Waals surface area contributed by atoms with E-state index in [0.29, 0.717) is 11.7 Å². The second-order valence-corrected chi connectivity index (χ2v) is 7.64. The Balaban J connectivity index is 1.64. The lowest BCUT2D eigenvalue weighted by atomic mass is 9.51. The van der Waals surface area contributed by atoms with Crippen molar-refractivity contribution in [3.05, 3.63) is 18.0 Å². The van der Waals surface area contributed by atoms with E-state index in [-0.39, 0.29) is 22.9 Å². The molecule has 0 aliphatic heterocycles. The summed E-state index contributed by atoms with van der Waals surface area (Å²) in [6.45, 7) is 9.02. The first-order chi connectivity index (χ1) is 10.4. The molecular formula is C17H27N3O2. The van der Waals surface area contributed by atoms with Gasteiger partial charge in [-0.3, -0.25) is 9.48 Å². The molecule has 5 heteroatoms.